The molecule has 0 spiro atoms. The van der Waals surface area contributed by atoms with Gasteiger partial charge < -0.3 is 10.0 Å². The molecule has 0 bridgehead atoms. The van der Waals surface area contributed by atoms with Gasteiger partial charge in [0.1, 0.15) is 5.82 Å². The van der Waals surface area contributed by atoms with Gasteiger partial charge in [0.25, 0.3) is 5.91 Å². The lowest BCUT2D eigenvalue weighted by molar-refractivity contribution is 0.0677. The second-order valence-corrected chi connectivity index (χ2v) is 3.98. The van der Waals surface area contributed by atoms with Gasteiger partial charge >= 0.3 is 0 Å². The summed E-state index contributed by atoms with van der Waals surface area (Å²) in [7, 11) is 0. The number of nitrogens with zero attached hydrogens (tertiary/aromatic N) is 1. The van der Waals surface area contributed by atoms with Crippen molar-refractivity contribution in [1.82, 2.24) is 4.90 Å². The first kappa shape index (κ1) is 11.1. The lowest BCUT2D eigenvalue weighted by Gasteiger charge is -2.22. The number of benzene rings is 1. The first-order valence-electron chi connectivity index (χ1n) is 5.40. The zero-order chi connectivity index (χ0) is 11.5. The van der Waals surface area contributed by atoms with E-state index in [1.807, 2.05) is 0 Å². The van der Waals surface area contributed by atoms with Crippen LogP contribution in [0.1, 0.15) is 23.2 Å². The third kappa shape index (κ3) is 2.07. The van der Waals surface area contributed by atoms with Crippen LogP contribution in [0.3, 0.4) is 0 Å². The maximum Gasteiger partial charge on any atom is 0.254 e. The Morgan fingerprint density at radius 2 is 2.12 bits per heavy atom. The quantitative estimate of drug-likeness (QED) is 0.823. The van der Waals surface area contributed by atoms with Crippen molar-refractivity contribution in [1.29, 1.82) is 0 Å². The first-order valence-corrected chi connectivity index (χ1v) is 5.40. The highest BCUT2D eigenvalue weighted by molar-refractivity contribution is 5.94. The molecule has 1 aromatic carbocycles. The van der Waals surface area contributed by atoms with Gasteiger partial charge in [-0.2, -0.15) is 0 Å². The second kappa shape index (κ2) is 4.61. The number of rotatable bonds is 2. The molecule has 1 saturated heterocycles. The molecule has 1 amide bonds. The lowest BCUT2D eigenvalue weighted by Crippen LogP contribution is -2.37. The van der Waals surface area contributed by atoms with E-state index in [2.05, 4.69) is 0 Å². The predicted octanol–water partition coefficient (Wildman–Crippen LogP) is 1.42. The molecule has 0 saturated carbocycles. The van der Waals surface area contributed by atoms with Gasteiger partial charge in [-0.3, -0.25) is 4.79 Å². The molecule has 4 heteroatoms. The average molecular weight is 223 g/mol. The van der Waals surface area contributed by atoms with E-state index < -0.39 is 0 Å². The molecule has 1 aromatic rings. The lowest BCUT2D eigenvalue weighted by atomic mass is 10.1. The highest BCUT2D eigenvalue weighted by Crippen LogP contribution is 2.19. The molecule has 1 aliphatic heterocycles. The van der Waals surface area contributed by atoms with E-state index in [0.29, 0.717) is 12.1 Å². The summed E-state index contributed by atoms with van der Waals surface area (Å²) in [6, 6.07) is 5.42. The van der Waals surface area contributed by atoms with Crippen molar-refractivity contribution in [2.75, 3.05) is 13.2 Å². The van der Waals surface area contributed by atoms with Crippen LogP contribution in [0, 0.1) is 5.82 Å². The summed E-state index contributed by atoms with van der Waals surface area (Å²) >= 11 is 0. The zero-order valence-electron chi connectivity index (χ0n) is 8.90. The predicted molar refractivity (Wildman–Crippen MR) is 57.5 cm³/mol. The Morgan fingerprint density at radius 1 is 1.44 bits per heavy atom. The van der Waals surface area contributed by atoms with Crippen LogP contribution in [-0.4, -0.2) is 35.1 Å². The number of hydrogen-bond donors (Lipinski definition) is 1. The van der Waals surface area contributed by atoms with Crippen LogP contribution in [0.5, 0.6) is 0 Å². The number of carbonyl (C=O) groups is 1. The van der Waals surface area contributed by atoms with Crippen LogP contribution >= 0.6 is 0 Å². The van der Waals surface area contributed by atoms with Crippen molar-refractivity contribution in [3.8, 4) is 0 Å². The molecule has 0 unspecified atom stereocenters. The molecule has 0 radical (unpaired) electrons. The fourth-order valence-electron chi connectivity index (χ4n) is 2.05. The molecule has 2 rings (SSSR count). The maximum absolute atomic E-state index is 12.7. The Labute approximate surface area is 93.5 Å². The molecular weight excluding hydrogens is 209 g/mol. The third-order valence-electron chi connectivity index (χ3n) is 2.94. The van der Waals surface area contributed by atoms with Crippen molar-refractivity contribution in [3.05, 3.63) is 35.6 Å². The highest BCUT2D eigenvalue weighted by Gasteiger charge is 2.28. The third-order valence-corrected chi connectivity index (χ3v) is 2.94. The molecule has 16 heavy (non-hydrogen) atoms. The Bertz CT molecular complexity index is 377. The fraction of sp³-hybridized carbons (Fsp3) is 0.417. The Morgan fingerprint density at radius 3 is 2.75 bits per heavy atom. The Balaban J connectivity index is 2.15. The summed E-state index contributed by atoms with van der Waals surface area (Å²) in [5.41, 5.74) is 0.474. The van der Waals surface area contributed by atoms with Crippen molar-refractivity contribution in [3.63, 3.8) is 0 Å². The van der Waals surface area contributed by atoms with Crippen LogP contribution in [-0.2, 0) is 0 Å². The van der Waals surface area contributed by atoms with E-state index in [1.165, 1.54) is 24.3 Å². The van der Waals surface area contributed by atoms with Gasteiger partial charge in [-0.1, -0.05) is 0 Å². The maximum atomic E-state index is 12.7. The smallest absolute Gasteiger partial charge is 0.254 e. The molecule has 1 heterocycles. The summed E-state index contributed by atoms with van der Waals surface area (Å²) in [4.78, 5) is 13.7. The number of amides is 1. The van der Waals surface area contributed by atoms with Gasteiger partial charge in [-0.05, 0) is 37.1 Å². The topological polar surface area (TPSA) is 40.5 Å². The molecule has 1 aliphatic rings. The van der Waals surface area contributed by atoms with Crippen molar-refractivity contribution in [2.45, 2.75) is 18.9 Å². The van der Waals surface area contributed by atoms with Gasteiger partial charge in [0, 0.05) is 12.1 Å². The highest BCUT2D eigenvalue weighted by atomic mass is 19.1. The largest absolute Gasteiger partial charge is 0.394 e. The van der Waals surface area contributed by atoms with Crippen molar-refractivity contribution < 1.29 is 14.3 Å². The standard InChI is InChI=1S/C12H14FNO2/c13-10-5-3-9(4-6-10)12(16)14-7-1-2-11(14)8-15/h3-6,11,15H,1-2,7-8H2/t11-/m0/s1. The number of aliphatic hydroxyl groups is 1. The SMILES string of the molecule is O=C(c1ccc(F)cc1)N1CCC[C@H]1CO. The van der Waals surface area contributed by atoms with Crippen molar-refractivity contribution >= 4 is 5.91 Å². The second-order valence-electron chi connectivity index (χ2n) is 3.98. The molecule has 3 nitrogen and oxygen atoms in total. The van der Waals surface area contributed by atoms with E-state index in [-0.39, 0.29) is 24.4 Å². The number of halogens is 1. The monoisotopic (exact) mass is 223 g/mol. The van der Waals surface area contributed by atoms with Gasteiger partial charge in [-0.15, -0.1) is 0 Å². The van der Waals surface area contributed by atoms with E-state index in [4.69, 9.17) is 5.11 Å². The van der Waals surface area contributed by atoms with Gasteiger partial charge in [0.2, 0.25) is 0 Å². The Hall–Kier alpha value is -1.42. The Kier molecular flexibility index (Phi) is 3.19. The molecule has 0 aliphatic carbocycles. The molecule has 86 valence electrons. The number of carbonyl (C=O) groups excluding carboxylic acids is 1. The van der Waals surface area contributed by atoms with Gasteiger partial charge in [-0.25, -0.2) is 4.39 Å². The van der Waals surface area contributed by atoms with E-state index in [1.54, 1.807) is 4.90 Å². The molecule has 0 aromatic heterocycles. The first-order chi connectivity index (χ1) is 7.72. The minimum atomic E-state index is -0.350. The average Bonchev–Trinajstić information content (AvgIpc) is 2.77. The van der Waals surface area contributed by atoms with Crippen LogP contribution in [0.2, 0.25) is 0 Å². The molecular formula is C12H14FNO2. The van der Waals surface area contributed by atoms with Crippen LogP contribution in [0.25, 0.3) is 0 Å². The summed E-state index contributed by atoms with van der Waals surface area (Å²) in [6.07, 6.45) is 1.75. The summed E-state index contributed by atoms with van der Waals surface area (Å²) in [5.74, 6) is -0.478. The molecule has 1 fully saturated rings. The zero-order valence-corrected chi connectivity index (χ0v) is 8.90. The molecule has 1 N–H and O–H groups in total. The van der Waals surface area contributed by atoms with Crippen LogP contribution in [0.15, 0.2) is 24.3 Å². The summed E-state index contributed by atoms with van der Waals surface area (Å²) in [6.45, 7) is 0.661. The molecule has 1 atom stereocenters. The summed E-state index contributed by atoms with van der Waals surface area (Å²) in [5, 5.41) is 9.12. The van der Waals surface area contributed by atoms with Gasteiger partial charge in [0.15, 0.2) is 0 Å². The number of aliphatic hydroxyl groups excluding tert-OH is 1. The van der Waals surface area contributed by atoms with E-state index in [0.717, 1.165) is 12.8 Å². The summed E-state index contributed by atoms with van der Waals surface area (Å²) < 4.78 is 12.7. The van der Waals surface area contributed by atoms with E-state index in [9.17, 15) is 9.18 Å². The van der Waals surface area contributed by atoms with Crippen LogP contribution < -0.4 is 0 Å². The normalized spacial score (nSPS) is 20.1. The number of likely N-dealkylation sites (tertiary alicyclic amines) is 1. The van der Waals surface area contributed by atoms with Crippen molar-refractivity contribution in [2.24, 2.45) is 0 Å². The van der Waals surface area contributed by atoms with Gasteiger partial charge in [0.05, 0.1) is 12.6 Å². The number of hydrogen-bond acceptors (Lipinski definition) is 2. The minimum Gasteiger partial charge on any atom is -0.394 e. The fourth-order valence-corrected chi connectivity index (χ4v) is 2.05. The van der Waals surface area contributed by atoms with E-state index >= 15 is 0 Å². The van der Waals surface area contributed by atoms with Crippen LogP contribution in [0.4, 0.5) is 4.39 Å². The minimum absolute atomic E-state index is 0.00701.